The predicted molar refractivity (Wildman–Crippen MR) is 78.5 cm³/mol. The van der Waals surface area contributed by atoms with Crippen molar-refractivity contribution in [3.8, 4) is 11.5 Å². The van der Waals surface area contributed by atoms with Gasteiger partial charge in [0, 0.05) is 11.8 Å². The summed E-state index contributed by atoms with van der Waals surface area (Å²) in [6.07, 6.45) is 2.43. The summed E-state index contributed by atoms with van der Waals surface area (Å²) in [7, 11) is 0. The molecule has 23 heavy (non-hydrogen) atoms. The van der Waals surface area contributed by atoms with E-state index in [1.165, 1.54) is 0 Å². The molecule has 1 aromatic carbocycles. The van der Waals surface area contributed by atoms with Gasteiger partial charge < -0.3 is 24.6 Å². The molecule has 4 rings (SSSR count). The summed E-state index contributed by atoms with van der Waals surface area (Å²) in [6, 6.07) is 5.09. The van der Waals surface area contributed by atoms with Crippen LogP contribution in [-0.2, 0) is 14.3 Å². The number of ether oxygens (including phenoxy) is 3. The molecule has 0 aliphatic carbocycles. The Morgan fingerprint density at radius 3 is 2.48 bits per heavy atom. The van der Waals surface area contributed by atoms with Crippen molar-refractivity contribution in [3.63, 3.8) is 0 Å². The summed E-state index contributed by atoms with van der Waals surface area (Å²) in [6.45, 7) is 0.949. The van der Waals surface area contributed by atoms with E-state index in [0.717, 1.165) is 0 Å². The normalized spacial score (nSPS) is 30.3. The van der Waals surface area contributed by atoms with Crippen LogP contribution in [0.3, 0.4) is 0 Å². The third kappa shape index (κ3) is 2.33. The number of carbonyl (C=O) groups excluding carboxylic acids is 1. The average molecular weight is 317 g/mol. The molecule has 2 bridgehead atoms. The van der Waals surface area contributed by atoms with Gasteiger partial charge in [0.05, 0.1) is 18.1 Å². The Labute approximate surface area is 131 Å². The highest BCUT2D eigenvalue weighted by molar-refractivity contribution is 5.96. The van der Waals surface area contributed by atoms with Crippen LogP contribution < -0.4 is 14.8 Å². The fourth-order valence-corrected chi connectivity index (χ4v) is 3.26. The number of nitrogens with one attached hydrogen (secondary N) is 1. The fraction of sp³-hybridized carbons (Fsp3) is 0.375. The van der Waals surface area contributed by atoms with Gasteiger partial charge in [-0.05, 0) is 12.1 Å². The number of anilines is 1. The van der Waals surface area contributed by atoms with Crippen LogP contribution in [0.5, 0.6) is 11.5 Å². The Balaban J connectivity index is 1.54. The number of aliphatic carboxylic acids is 1. The third-order valence-corrected chi connectivity index (χ3v) is 4.30. The molecule has 7 nitrogen and oxygen atoms in total. The van der Waals surface area contributed by atoms with Gasteiger partial charge in [0.25, 0.3) is 0 Å². The van der Waals surface area contributed by atoms with E-state index in [2.05, 4.69) is 5.32 Å². The van der Waals surface area contributed by atoms with Crippen LogP contribution in [0.25, 0.3) is 0 Å². The molecule has 4 atom stereocenters. The summed E-state index contributed by atoms with van der Waals surface area (Å²) in [5.74, 6) is -1.80. The predicted octanol–water partition coefficient (Wildman–Crippen LogP) is 1.05. The number of fused-ring (bicyclic) bond motifs is 3. The van der Waals surface area contributed by atoms with Gasteiger partial charge in [-0.1, -0.05) is 12.2 Å². The molecule has 120 valence electrons. The van der Waals surface area contributed by atoms with Crippen LogP contribution in [0.1, 0.15) is 0 Å². The van der Waals surface area contributed by atoms with Crippen molar-refractivity contribution in [2.75, 3.05) is 18.5 Å². The lowest BCUT2D eigenvalue weighted by atomic mass is 9.82. The number of hydrogen-bond donors (Lipinski definition) is 2. The second-order valence-electron chi connectivity index (χ2n) is 5.69. The molecule has 0 spiro atoms. The van der Waals surface area contributed by atoms with Crippen molar-refractivity contribution in [2.45, 2.75) is 12.2 Å². The van der Waals surface area contributed by atoms with Gasteiger partial charge >= 0.3 is 5.97 Å². The molecule has 1 aromatic rings. The zero-order chi connectivity index (χ0) is 16.0. The number of amides is 1. The van der Waals surface area contributed by atoms with Crippen molar-refractivity contribution in [2.24, 2.45) is 11.8 Å². The van der Waals surface area contributed by atoms with Gasteiger partial charge in [0.15, 0.2) is 11.5 Å². The molecule has 1 amide bonds. The lowest BCUT2D eigenvalue weighted by molar-refractivity contribution is -0.145. The standard InChI is InChI=1S/C16H15NO6/c18-15(13-10-3-4-11(23-10)14(13)16(19)20)17-8-1-2-9-12(7-8)22-6-5-21-9/h1-4,7,10-11,13-14H,5-6H2,(H,17,18)(H,19,20)/t10-,11-,13-,14+/m1/s1. The minimum Gasteiger partial charge on any atom is -0.486 e. The highest BCUT2D eigenvalue weighted by atomic mass is 16.6. The first-order valence-electron chi connectivity index (χ1n) is 7.40. The van der Waals surface area contributed by atoms with E-state index < -0.39 is 30.0 Å². The summed E-state index contributed by atoms with van der Waals surface area (Å²) in [4.78, 5) is 23.9. The van der Waals surface area contributed by atoms with Gasteiger partial charge in [0.2, 0.25) is 5.91 Å². The summed E-state index contributed by atoms with van der Waals surface area (Å²) in [5.41, 5.74) is 0.537. The van der Waals surface area contributed by atoms with E-state index in [1.54, 1.807) is 30.4 Å². The van der Waals surface area contributed by atoms with Crippen molar-refractivity contribution >= 4 is 17.6 Å². The fourth-order valence-electron chi connectivity index (χ4n) is 3.26. The van der Waals surface area contributed by atoms with Gasteiger partial charge in [-0.2, -0.15) is 0 Å². The minimum absolute atomic E-state index is 0.370. The maximum Gasteiger partial charge on any atom is 0.310 e. The van der Waals surface area contributed by atoms with E-state index in [-0.39, 0.29) is 5.91 Å². The molecule has 0 saturated carbocycles. The zero-order valence-corrected chi connectivity index (χ0v) is 12.1. The van der Waals surface area contributed by atoms with E-state index in [9.17, 15) is 14.7 Å². The smallest absolute Gasteiger partial charge is 0.310 e. The topological polar surface area (TPSA) is 94.1 Å². The molecule has 7 heteroatoms. The molecular weight excluding hydrogens is 302 g/mol. The average Bonchev–Trinajstić information content (AvgIpc) is 3.15. The monoisotopic (exact) mass is 317 g/mol. The van der Waals surface area contributed by atoms with Gasteiger partial charge in [-0.25, -0.2) is 0 Å². The molecule has 3 aliphatic heterocycles. The molecule has 0 unspecified atom stereocenters. The Kier molecular flexibility index (Phi) is 3.23. The number of carbonyl (C=O) groups is 2. The first-order valence-corrected chi connectivity index (χ1v) is 7.40. The molecule has 3 aliphatic rings. The van der Waals surface area contributed by atoms with E-state index in [4.69, 9.17) is 14.2 Å². The second kappa shape index (κ2) is 5.27. The van der Waals surface area contributed by atoms with E-state index in [0.29, 0.717) is 30.4 Å². The number of carboxylic acid groups (broad SMARTS) is 1. The van der Waals surface area contributed by atoms with Crippen LogP contribution in [-0.4, -0.2) is 42.4 Å². The number of hydrogen-bond acceptors (Lipinski definition) is 5. The highest BCUT2D eigenvalue weighted by Gasteiger charge is 2.53. The van der Waals surface area contributed by atoms with Crippen LogP contribution in [0.15, 0.2) is 30.4 Å². The SMILES string of the molecule is O=C(O)[C@@H]1[C@H](C(=O)Nc2ccc3c(c2)OCCO3)[C@H]2C=C[C@H]1O2. The first-order chi connectivity index (χ1) is 11.1. The largest absolute Gasteiger partial charge is 0.486 e. The Morgan fingerprint density at radius 2 is 1.74 bits per heavy atom. The maximum absolute atomic E-state index is 12.5. The van der Waals surface area contributed by atoms with Crippen LogP contribution in [0.2, 0.25) is 0 Å². The number of rotatable bonds is 3. The Bertz CT molecular complexity index is 700. The third-order valence-electron chi connectivity index (χ3n) is 4.30. The molecule has 1 fully saturated rings. The quantitative estimate of drug-likeness (QED) is 0.809. The van der Waals surface area contributed by atoms with Crippen LogP contribution >= 0.6 is 0 Å². The van der Waals surface area contributed by atoms with E-state index in [1.807, 2.05) is 0 Å². The summed E-state index contributed by atoms with van der Waals surface area (Å²) < 4.78 is 16.4. The summed E-state index contributed by atoms with van der Waals surface area (Å²) in [5, 5.41) is 12.1. The van der Waals surface area contributed by atoms with Crippen molar-refractivity contribution < 1.29 is 28.9 Å². The number of benzene rings is 1. The molecule has 3 heterocycles. The van der Waals surface area contributed by atoms with E-state index >= 15 is 0 Å². The van der Waals surface area contributed by atoms with Gasteiger partial charge in [-0.3, -0.25) is 9.59 Å². The zero-order valence-electron chi connectivity index (χ0n) is 12.1. The van der Waals surface area contributed by atoms with Crippen molar-refractivity contribution in [1.82, 2.24) is 0 Å². The molecule has 0 aromatic heterocycles. The molecule has 0 radical (unpaired) electrons. The second-order valence-corrected chi connectivity index (χ2v) is 5.69. The van der Waals surface area contributed by atoms with Crippen molar-refractivity contribution in [1.29, 1.82) is 0 Å². The van der Waals surface area contributed by atoms with Crippen LogP contribution in [0.4, 0.5) is 5.69 Å². The number of carboxylic acids is 1. The lowest BCUT2D eigenvalue weighted by Crippen LogP contribution is -2.39. The molecule has 1 saturated heterocycles. The van der Waals surface area contributed by atoms with Crippen molar-refractivity contribution in [3.05, 3.63) is 30.4 Å². The lowest BCUT2D eigenvalue weighted by Gasteiger charge is -2.22. The van der Waals surface area contributed by atoms with Crippen LogP contribution in [0, 0.1) is 11.8 Å². The Morgan fingerprint density at radius 1 is 1.04 bits per heavy atom. The van der Waals surface area contributed by atoms with Gasteiger partial charge in [-0.15, -0.1) is 0 Å². The minimum atomic E-state index is -1.02. The molecular formula is C16H15NO6. The summed E-state index contributed by atoms with van der Waals surface area (Å²) >= 11 is 0. The highest BCUT2D eigenvalue weighted by Crippen LogP contribution is 2.40. The molecule has 2 N–H and O–H groups in total. The van der Waals surface area contributed by atoms with Gasteiger partial charge in [0.1, 0.15) is 19.1 Å². The first kappa shape index (κ1) is 14.1. The maximum atomic E-state index is 12.5. The Hall–Kier alpha value is -2.54.